The van der Waals surface area contributed by atoms with Gasteiger partial charge in [0.25, 0.3) is 0 Å². The quantitative estimate of drug-likeness (QED) is 0.925. The van der Waals surface area contributed by atoms with Gasteiger partial charge < -0.3 is 15.1 Å². The van der Waals surface area contributed by atoms with Crippen molar-refractivity contribution >= 4 is 17.6 Å². The van der Waals surface area contributed by atoms with Gasteiger partial charge in [0.1, 0.15) is 5.82 Å². The van der Waals surface area contributed by atoms with Crippen LogP contribution in [0.4, 0.5) is 14.9 Å². The molecule has 2 atom stereocenters. The molecule has 2 aliphatic rings. The number of piperidine rings is 1. The van der Waals surface area contributed by atoms with E-state index in [4.69, 9.17) is 0 Å². The predicted octanol–water partition coefficient (Wildman–Crippen LogP) is 2.91. The summed E-state index contributed by atoms with van der Waals surface area (Å²) in [4.78, 5) is 28.3. The Labute approximate surface area is 141 Å². The minimum absolute atomic E-state index is 0.0439. The van der Waals surface area contributed by atoms with E-state index in [-0.39, 0.29) is 30.2 Å². The fourth-order valence-corrected chi connectivity index (χ4v) is 3.62. The summed E-state index contributed by atoms with van der Waals surface area (Å²) >= 11 is 0. The first-order valence-electron chi connectivity index (χ1n) is 8.71. The molecule has 0 aliphatic carbocycles. The molecule has 2 fully saturated rings. The summed E-state index contributed by atoms with van der Waals surface area (Å²) in [6.45, 7) is 3.32. The van der Waals surface area contributed by atoms with Gasteiger partial charge in [-0.05, 0) is 49.9 Å². The lowest BCUT2D eigenvalue weighted by molar-refractivity contribution is -0.117. The molecular formula is C18H24FN3O2. The lowest BCUT2D eigenvalue weighted by atomic mass is 10.0. The smallest absolute Gasteiger partial charge is 0.317 e. The van der Waals surface area contributed by atoms with Crippen LogP contribution >= 0.6 is 0 Å². The molecule has 3 rings (SSSR count). The Bertz CT molecular complexity index is 605. The van der Waals surface area contributed by atoms with Crippen molar-refractivity contribution < 1.29 is 14.0 Å². The van der Waals surface area contributed by atoms with Crippen LogP contribution in [-0.4, -0.2) is 42.0 Å². The van der Waals surface area contributed by atoms with E-state index >= 15 is 0 Å². The number of likely N-dealkylation sites (tertiary alicyclic amines) is 1. The molecule has 0 spiro atoms. The molecule has 2 saturated heterocycles. The summed E-state index contributed by atoms with van der Waals surface area (Å²) in [5, 5.41) is 3.00. The number of urea groups is 1. The zero-order valence-electron chi connectivity index (χ0n) is 14.0. The summed E-state index contributed by atoms with van der Waals surface area (Å²) in [6, 6.07) is 5.89. The highest BCUT2D eigenvalue weighted by Gasteiger charge is 2.34. The van der Waals surface area contributed by atoms with Crippen LogP contribution in [0.25, 0.3) is 0 Å². The number of carbonyl (C=O) groups is 2. The molecule has 0 bridgehead atoms. The van der Waals surface area contributed by atoms with Gasteiger partial charge in [0, 0.05) is 31.2 Å². The zero-order chi connectivity index (χ0) is 17.1. The monoisotopic (exact) mass is 333 g/mol. The van der Waals surface area contributed by atoms with Crippen LogP contribution in [0, 0.1) is 5.82 Å². The molecule has 0 aromatic heterocycles. The number of amides is 3. The Morgan fingerprint density at radius 2 is 2.04 bits per heavy atom. The predicted molar refractivity (Wildman–Crippen MR) is 90.3 cm³/mol. The van der Waals surface area contributed by atoms with Crippen LogP contribution in [0.2, 0.25) is 0 Å². The SMILES string of the molecule is CC[C@@H]1CCCCN1C(=O)N[C@@H]1CC(=O)N(c2ccc(F)cc2)C1. The Morgan fingerprint density at radius 1 is 1.29 bits per heavy atom. The van der Waals surface area contributed by atoms with E-state index in [1.165, 1.54) is 18.6 Å². The molecule has 0 radical (unpaired) electrons. The van der Waals surface area contributed by atoms with Crippen molar-refractivity contribution in [1.82, 2.24) is 10.2 Å². The highest BCUT2D eigenvalue weighted by Crippen LogP contribution is 2.23. The molecular weight excluding hydrogens is 309 g/mol. The van der Waals surface area contributed by atoms with Crippen molar-refractivity contribution in [2.24, 2.45) is 0 Å². The number of rotatable bonds is 3. The fourth-order valence-electron chi connectivity index (χ4n) is 3.62. The van der Waals surface area contributed by atoms with Gasteiger partial charge in [-0.1, -0.05) is 6.92 Å². The van der Waals surface area contributed by atoms with Gasteiger partial charge in [0.2, 0.25) is 5.91 Å². The molecule has 24 heavy (non-hydrogen) atoms. The third kappa shape index (κ3) is 3.52. The van der Waals surface area contributed by atoms with Crippen LogP contribution < -0.4 is 10.2 Å². The van der Waals surface area contributed by atoms with Crippen LogP contribution in [0.15, 0.2) is 24.3 Å². The standard InChI is InChI=1S/C18H24FN3O2/c1-2-15-5-3-4-10-21(15)18(24)20-14-11-17(23)22(12-14)16-8-6-13(19)7-9-16/h6-9,14-15H,2-5,10-12H2,1H3,(H,20,24)/t14-,15-/m1/s1. The number of hydrogen-bond donors (Lipinski definition) is 1. The van der Waals surface area contributed by atoms with Gasteiger partial charge in [-0.25, -0.2) is 9.18 Å². The molecule has 5 nitrogen and oxygen atoms in total. The molecule has 130 valence electrons. The minimum atomic E-state index is -0.328. The van der Waals surface area contributed by atoms with Crippen molar-refractivity contribution in [3.63, 3.8) is 0 Å². The number of nitrogens with zero attached hydrogens (tertiary/aromatic N) is 2. The molecule has 2 aliphatic heterocycles. The normalized spacial score (nSPS) is 24.3. The zero-order valence-corrected chi connectivity index (χ0v) is 14.0. The van der Waals surface area contributed by atoms with Crippen molar-refractivity contribution in [1.29, 1.82) is 0 Å². The van der Waals surface area contributed by atoms with E-state index in [1.54, 1.807) is 17.0 Å². The second-order valence-corrected chi connectivity index (χ2v) is 6.58. The van der Waals surface area contributed by atoms with Gasteiger partial charge in [-0.15, -0.1) is 0 Å². The maximum atomic E-state index is 13.0. The summed E-state index contributed by atoms with van der Waals surface area (Å²) < 4.78 is 13.0. The van der Waals surface area contributed by atoms with Crippen LogP contribution in [0.1, 0.15) is 39.0 Å². The van der Waals surface area contributed by atoms with Crippen LogP contribution in [-0.2, 0) is 4.79 Å². The van der Waals surface area contributed by atoms with Gasteiger partial charge in [-0.3, -0.25) is 4.79 Å². The van der Waals surface area contributed by atoms with Crippen molar-refractivity contribution in [3.8, 4) is 0 Å². The number of benzene rings is 1. The van der Waals surface area contributed by atoms with Crippen LogP contribution in [0.3, 0.4) is 0 Å². The average molecular weight is 333 g/mol. The maximum Gasteiger partial charge on any atom is 0.317 e. The molecule has 3 amide bonds. The first kappa shape index (κ1) is 16.7. The Hall–Kier alpha value is -2.11. The molecule has 2 heterocycles. The van der Waals surface area contributed by atoms with Gasteiger partial charge in [0.05, 0.1) is 6.04 Å². The largest absolute Gasteiger partial charge is 0.333 e. The number of carbonyl (C=O) groups excluding carboxylic acids is 2. The second kappa shape index (κ2) is 7.20. The summed E-state index contributed by atoms with van der Waals surface area (Å²) in [7, 11) is 0. The first-order chi connectivity index (χ1) is 11.6. The van der Waals surface area contributed by atoms with Crippen LogP contribution in [0.5, 0.6) is 0 Å². The maximum absolute atomic E-state index is 13.0. The molecule has 0 saturated carbocycles. The van der Waals surface area contributed by atoms with Crippen molar-refractivity contribution in [2.75, 3.05) is 18.0 Å². The topological polar surface area (TPSA) is 52.7 Å². The van der Waals surface area contributed by atoms with Gasteiger partial charge in [0.15, 0.2) is 0 Å². The minimum Gasteiger partial charge on any atom is -0.333 e. The number of hydrogen-bond acceptors (Lipinski definition) is 2. The van der Waals surface area contributed by atoms with Crippen molar-refractivity contribution in [3.05, 3.63) is 30.1 Å². The van der Waals surface area contributed by atoms with Crippen molar-refractivity contribution in [2.45, 2.75) is 51.1 Å². The summed E-state index contributed by atoms with van der Waals surface area (Å²) in [6.07, 6.45) is 4.50. The van der Waals surface area contributed by atoms with E-state index in [9.17, 15) is 14.0 Å². The number of anilines is 1. The molecule has 6 heteroatoms. The summed E-state index contributed by atoms with van der Waals surface area (Å²) in [5.41, 5.74) is 0.669. The Kier molecular flexibility index (Phi) is 5.02. The van der Waals surface area contributed by atoms with E-state index in [1.807, 2.05) is 4.90 Å². The lowest BCUT2D eigenvalue weighted by Crippen LogP contribution is -2.51. The third-order valence-corrected chi connectivity index (χ3v) is 4.95. The molecule has 0 unspecified atom stereocenters. The number of halogens is 1. The molecule has 1 aromatic carbocycles. The molecule has 1 N–H and O–H groups in total. The fraction of sp³-hybridized carbons (Fsp3) is 0.556. The van der Waals surface area contributed by atoms with E-state index in [0.717, 1.165) is 25.8 Å². The lowest BCUT2D eigenvalue weighted by Gasteiger charge is -2.35. The average Bonchev–Trinajstić information content (AvgIpc) is 2.95. The Balaban J connectivity index is 1.61. The highest BCUT2D eigenvalue weighted by molar-refractivity contribution is 5.96. The molecule has 1 aromatic rings. The van der Waals surface area contributed by atoms with E-state index in [2.05, 4.69) is 12.2 Å². The summed E-state index contributed by atoms with van der Waals surface area (Å²) in [5.74, 6) is -0.372. The number of nitrogens with one attached hydrogen (secondary N) is 1. The van der Waals surface area contributed by atoms with E-state index in [0.29, 0.717) is 18.3 Å². The van der Waals surface area contributed by atoms with Gasteiger partial charge >= 0.3 is 6.03 Å². The second-order valence-electron chi connectivity index (χ2n) is 6.58. The third-order valence-electron chi connectivity index (χ3n) is 4.95. The Morgan fingerprint density at radius 3 is 2.75 bits per heavy atom. The van der Waals surface area contributed by atoms with Gasteiger partial charge in [-0.2, -0.15) is 0 Å². The van der Waals surface area contributed by atoms with E-state index < -0.39 is 0 Å². The first-order valence-corrected chi connectivity index (χ1v) is 8.71. The highest BCUT2D eigenvalue weighted by atomic mass is 19.1.